The highest BCUT2D eigenvalue weighted by atomic mass is 127. The Bertz CT molecular complexity index is 6440. The van der Waals surface area contributed by atoms with Crippen molar-refractivity contribution in [3.8, 4) is 138 Å². The molecule has 0 radical (unpaired) electrons. The van der Waals surface area contributed by atoms with Crippen molar-refractivity contribution in [2.24, 2.45) is 0 Å². The zero-order valence-corrected chi connectivity index (χ0v) is 81.4. The first-order valence-corrected chi connectivity index (χ1v) is 44.8. The van der Waals surface area contributed by atoms with E-state index in [1.165, 1.54) is 60.7 Å². The minimum Gasteiger partial charge on any atom is -0.545 e. The molecule has 0 atom stereocenters. The van der Waals surface area contributed by atoms with Crippen LogP contribution in [0.3, 0.4) is 0 Å². The monoisotopic (exact) mass is 2440 g/mol. The molecule has 0 saturated heterocycles. The number of aromatic hydroxyl groups is 2. The molecule has 15 aromatic carbocycles. The molecule has 0 bridgehead atoms. The molecule has 32 heteroatoms. The Labute approximate surface area is 827 Å². The van der Waals surface area contributed by atoms with Gasteiger partial charge < -0.3 is 97.1 Å². The molecule has 0 aliphatic heterocycles. The lowest BCUT2D eigenvalue weighted by Gasteiger charge is -2.24. The van der Waals surface area contributed by atoms with Gasteiger partial charge in [0.15, 0.2) is 46.1 Å². The van der Waals surface area contributed by atoms with Crippen molar-refractivity contribution in [1.82, 2.24) is 0 Å². The third-order valence-electron chi connectivity index (χ3n) is 18.1. The number of carboxylic acid groups (broad SMARTS) is 4. The summed E-state index contributed by atoms with van der Waals surface area (Å²) < 4.78 is 144. The number of hydrogen-bond acceptors (Lipinski definition) is 20. The van der Waals surface area contributed by atoms with Gasteiger partial charge in [-0.1, -0.05) is 88.5 Å². The van der Waals surface area contributed by atoms with Crippen molar-refractivity contribution < 1.29 is 124 Å². The number of carbonyl (C=O) groups is 4. The van der Waals surface area contributed by atoms with Crippen LogP contribution in [0.4, 0.5) is 22.0 Å². The zero-order valence-electron chi connectivity index (χ0n) is 68.4. The van der Waals surface area contributed by atoms with Gasteiger partial charge in [0.1, 0.15) is 68.8 Å². The molecular weight excluding hydrogens is 2380 g/mol. The summed E-state index contributed by atoms with van der Waals surface area (Å²) in [5.41, 5.74) is 1.82. The van der Waals surface area contributed by atoms with Crippen LogP contribution in [0.15, 0.2) is 279 Å². The van der Waals surface area contributed by atoms with Gasteiger partial charge in [0.2, 0.25) is 57.8 Å². The van der Waals surface area contributed by atoms with Gasteiger partial charge in [0.25, 0.3) is 0 Å². The summed E-state index contributed by atoms with van der Waals surface area (Å²) in [4.78, 5) is 47.4. The fraction of sp³-hybridized carbons (Fsp3) is 0.0505. The molecule has 131 heavy (non-hydrogen) atoms. The van der Waals surface area contributed by atoms with E-state index in [1.807, 2.05) is 106 Å². The lowest BCUT2D eigenvalue weighted by molar-refractivity contribution is -0.256. The minimum absolute atomic E-state index is 0.0848. The van der Waals surface area contributed by atoms with Gasteiger partial charge in [-0.2, -0.15) is 17.6 Å². The van der Waals surface area contributed by atoms with E-state index >= 15 is 8.78 Å². The summed E-state index contributed by atoms with van der Waals surface area (Å²) in [6.07, 6.45) is 0. The van der Waals surface area contributed by atoms with E-state index in [4.69, 9.17) is 52.1 Å². The number of hydrogen-bond donors (Lipinski definition) is 3. The number of carboxylic acids is 4. The lowest BCUT2D eigenvalue weighted by Crippen LogP contribution is -2.24. The van der Waals surface area contributed by atoms with Crippen LogP contribution in [0.5, 0.6) is 138 Å². The molecule has 0 spiro atoms. The summed E-state index contributed by atoms with van der Waals surface area (Å²) in [6, 6.07) is 76.1. The number of rotatable bonds is 26. The Morgan fingerprint density at radius 1 is 0.237 bits per heavy atom. The fourth-order valence-corrected chi connectivity index (χ4v) is 13.7. The SMILES string of the molecule is Cc1ccc(Oc2c(F)c(Oc3ccc(I)cc3)c(F)c(Oc3ccc(I)cc3)c2C(=O)[O-])cc1.Cc1ccc(Oc2c(O)c(C(=O)O)c(F)c(Oc3ccc(I)cc3)c2F)cc1.Cc1ccc(Oc2c(O)c(C(=O)[O-])c(Oc3ccc(C)cc3)c(Oc3ccc(I)cc3)c2Oc2ccc(I)cc2)cc1.Cc1ccc(Oc2cc(C(=O)[O-])cc(Oc3ccc(I)cc3)c2F)cc1. The van der Waals surface area contributed by atoms with Crippen molar-refractivity contribution in [1.29, 1.82) is 0 Å². The topological polar surface area (TPSA) is 300 Å². The van der Waals surface area contributed by atoms with E-state index in [-0.39, 0.29) is 68.8 Å². The van der Waals surface area contributed by atoms with Crippen LogP contribution >= 0.6 is 136 Å². The molecule has 0 aliphatic rings. The van der Waals surface area contributed by atoms with Crippen molar-refractivity contribution in [3.05, 3.63) is 380 Å². The predicted octanol–water partition coefficient (Wildman–Crippen LogP) is 26.5. The van der Waals surface area contributed by atoms with E-state index in [0.29, 0.717) is 34.5 Å². The number of benzene rings is 15. The molecule has 15 rings (SSSR count). The highest BCUT2D eigenvalue weighted by molar-refractivity contribution is 14.1. The van der Waals surface area contributed by atoms with Gasteiger partial charge in [0.05, 0.1) is 29.0 Å². The van der Waals surface area contributed by atoms with Crippen LogP contribution in [0.1, 0.15) is 69.2 Å². The summed E-state index contributed by atoms with van der Waals surface area (Å²) in [5.74, 6) is -18.0. The molecule has 15 aromatic rings. The normalized spacial score (nSPS) is 10.6. The second kappa shape index (κ2) is 45.0. The third-order valence-corrected chi connectivity index (χ3v) is 22.4. The van der Waals surface area contributed by atoms with Gasteiger partial charge in [-0.3, -0.25) is 0 Å². The maximum Gasteiger partial charge on any atom is 0.342 e. The average Bonchev–Trinajstić information content (AvgIpc) is 0.778. The van der Waals surface area contributed by atoms with Gasteiger partial charge >= 0.3 is 5.97 Å². The van der Waals surface area contributed by atoms with E-state index in [9.17, 15) is 63.0 Å². The molecule has 0 saturated carbocycles. The van der Waals surface area contributed by atoms with Gasteiger partial charge in [0, 0.05) is 27.0 Å². The Balaban J connectivity index is 0.000000161. The number of aromatic carboxylic acids is 4. The van der Waals surface area contributed by atoms with Crippen LogP contribution in [0.2, 0.25) is 0 Å². The van der Waals surface area contributed by atoms with E-state index in [0.717, 1.165) is 61.4 Å². The molecule has 666 valence electrons. The van der Waals surface area contributed by atoms with E-state index in [2.05, 4.69) is 113 Å². The first kappa shape index (κ1) is 97.7. The lowest BCUT2D eigenvalue weighted by atomic mass is 10.1. The van der Waals surface area contributed by atoms with Crippen molar-refractivity contribution in [2.45, 2.75) is 34.6 Å². The van der Waals surface area contributed by atoms with Crippen molar-refractivity contribution in [3.63, 3.8) is 0 Å². The van der Waals surface area contributed by atoms with Gasteiger partial charge in [-0.05, 0) is 389 Å². The van der Waals surface area contributed by atoms with Crippen LogP contribution in [0.25, 0.3) is 0 Å². The molecule has 0 heterocycles. The number of halogens is 11. The number of carbonyl (C=O) groups excluding carboxylic acids is 3. The largest absolute Gasteiger partial charge is 0.545 e. The van der Waals surface area contributed by atoms with Crippen LogP contribution in [0, 0.1) is 85.1 Å². The maximum absolute atomic E-state index is 15.6. The molecule has 21 nitrogen and oxygen atoms in total. The fourth-order valence-electron chi connectivity index (χ4n) is 11.5. The molecule has 0 aromatic heterocycles. The Morgan fingerprint density at radius 2 is 0.443 bits per heavy atom. The van der Waals surface area contributed by atoms with Gasteiger partial charge in [-0.15, -0.1) is 0 Å². The average molecular weight is 2450 g/mol. The molecule has 0 fully saturated rings. The first-order chi connectivity index (χ1) is 62.6. The highest BCUT2D eigenvalue weighted by Crippen LogP contribution is 2.58. The molecule has 0 aliphatic carbocycles. The Kier molecular flexibility index (Phi) is 33.5. The number of ether oxygens (including phenoxy) is 11. The molecule has 0 amide bonds. The van der Waals surface area contributed by atoms with E-state index in [1.54, 1.807) is 158 Å². The van der Waals surface area contributed by atoms with Crippen LogP contribution in [-0.2, 0) is 0 Å². The summed E-state index contributed by atoms with van der Waals surface area (Å²) in [6.45, 7) is 9.42. The Morgan fingerprint density at radius 3 is 0.710 bits per heavy atom. The summed E-state index contributed by atoms with van der Waals surface area (Å²) in [5, 5.41) is 66.8. The number of aryl methyl sites for hydroxylation is 5. The standard InChI is InChI=1S/C33H24I2O7.C26H16F2I2O5.C20H13F2IO5.C20H14FIO4/c1-19-3-11-23(12-4-19)39-29-27(33(37)38)28(36)30(40-24-13-5-20(2)6-14-24)32(42-26-17-9-22(35)10-18-26)31(29)41-25-15-7-21(34)8-16-25;1-14-2-8-17(9-3-14)33-23-20(26(31)32)24(34-18-10-4-15(29)5-11-18)22(28)25(21(23)27)35-19-12-6-16(30)7-13-19;1-10-2-6-12(7-3-10)28-19-16(22)18(15(21)14(17(19)24)20(25)26)27-13-8-4-11(23)5-9-13;1-12-2-6-15(7-3-12)25-17-10-13(20(23)24)11-18(19(17)21)26-16-8-4-14(22)5-9-16/h3-18,36H,1-2H3,(H,37,38);2-13H,1H3,(H,31,32);2-9,24H,1H3,(H,25,26);2-11H,1H3,(H,23,24)/p-3. The second-order valence-electron chi connectivity index (χ2n) is 27.9. The van der Waals surface area contributed by atoms with Crippen LogP contribution < -0.4 is 67.4 Å². The smallest absolute Gasteiger partial charge is 0.342 e. The Hall–Kier alpha value is -12.4. The van der Waals surface area contributed by atoms with E-state index < -0.39 is 110 Å². The molecule has 3 N–H and O–H groups in total. The maximum atomic E-state index is 15.6. The molecular formula is C99H64F5I6O21-3. The molecule has 0 unspecified atom stereocenters. The van der Waals surface area contributed by atoms with Gasteiger partial charge in [-0.25, -0.2) is 9.18 Å². The summed E-state index contributed by atoms with van der Waals surface area (Å²) >= 11 is 12.7. The first-order valence-electron chi connectivity index (χ1n) is 38.4. The van der Waals surface area contributed by atoms with Crippen LogP contribution in [-0.4, -0.2) is 39.2 Å². The summed E-state index contributed by atoms with van der Waals surface area (Å²) in [7, 11) is 0. The zero-order chi connectivity index (χ0) is 94.0. The number of phenols is 2. The third kappa shape index (κ3) is 26.1. The highest BCUT2D eigenvalue weighted by Gasteiger charge is 2.36. The van der Waals surface area contributed by atoms with Crippen molar-refractivity contribution >= 4 is 159 Å². The minimum atomic E-state index is -1.88. The second-order valence-corrected chi connectivity index (χ2v) is 35.4. The quantitative estimate of drug-likeness (QED) is 0.0335. The predicted molar refractivity (Wildman–Crippen MR) is 521 cm³/mol. The van der Waals surface area contributed by atoms with Crippen molar-refractivity contribution in [2.75, 3.05) is 0 Å².